The Morgan fingerprint density at radius 3 is 2.26 bits per heavy atom. The van der Waals surface area contributed by atoms with E-state index in [0.717, 1.165) is 44.9 Å². The molecule has 1 amide bonds. The van der Waals surface area contributed by atoms with Crippen LogP contribution in [-0.4, -0.2) is 34.1 Å². The van der Waals surface area contributed by atoms with Crippen LogP contribution in [0.1, 0.15) is 57.8 Å². The van der Waals surface area contributed by atoms with E-state index in [1.165, 1.54) is 0 Å². The van der Waals surface area contributed by atoms with Crippen molar-refractivity contribution >= 4 is 5.91 Å². The second kappa shape index (κ2) is 4.79. The van der Waals surface area contributed by atoms with E-state index in [9.17, 15) is 15.2 Å². The maximum atomic E-state index is 12.9. The first-order valence-electron chi connectivity index (χ1n) is 7.58. The van der Waals surface area contributed by atoms with Crippen molar-refractivity contribution in [3.8, 4) is 6.07 Å². The maximum absolute atomic E-state index is 12.9. The van der Waals surface area contributed by atoms with E-state index in [1.807, 2.05) is 4.90 Å². The van der Waals surface area contributed by atoms with Crippen molar-refractivity contribution in [1.82, 2.24) is 4.90 Å². The van der Waals surface area contributed by atoms with Crippen molar-refractivity contribution in [2.24, 2.45) is 5.41 Å². The van der Waals surface area contributed by atoms with Crippen molar-refractivity contribution < 1.29 is 9.90 Å². The summed E-state index contributed by atoms with van der Waals surface area (Å²) in [5.41, 5.74) is -0.763. The number of rotatable bonds is 1. The third kappa shape index (κ3) is 2.04. The lowest BCUT2D eigenvalue weighted by molar-refractivity contribution is -0.147. The van der Waals surface area contributed by atoms with Gasteiger partial charge in [0.25, 0.3) is 0 Å². The number of piperidine rings is 1. The van der Waals surface area contributed by atoms with Crippen LogP contribution in [0.4, 0.5) is 0 Å². The molecule has 2 bridgehead atoms. The van der Waals surface area contributed by atoms with E-state index in [2.05, 4.69) is 6.07 Å². The molecule has 1 aliphatic carbocycles. The Labute approximate surface area is 114 Å². The van der Waals surface area contributed by atoms with Crippen LogP contribution in [0.25, 0.3) is 0 Å². The van der Waals surface area contributed by atoms with Gasteiger partial charge in [-0.2, -0.15) is 5.26 Å². The van der Waals surface area contributed by atoms with Gasteiger partial charge in [-0.25, -0.2) is 0 Å². The number of carbonyl (C=O) groups excluding carboxylic acids is 1. The number of hydrogen-bond donors (Lipinski definition) is 1. The van der Waals surface area contributed by atoms with E-state index in [1.54, 1.807) is 0 Å². The quantitative estimate of drug-likeness (QED) is 0.785. The van der Waals surface area contributed by atoms with Crippen LogP contribution >= 0.6 is 0 Å². The zero-order valence-electron chi connectivity index (χ0n) is 11.3. The van der Waals surface area contributed by atoms with Gasteiger partial charge in [0.1, 0.15) is 5.41 Å². The van der Waals surface area contributed by atoms with Crippen LogP contribution in [0.15, 0.2) is 0 Å². The molecule has 0 spiro atoms. The molecule has 3 aliphatic rings. The van der Waals surface area contributed by atoms with Gasteiger partial charge in [-0.05, 0) is 38.5 Å². The third-order valence-electron chi connectivity index (χ3n) is 5.27. The summed E-state index contributed by atoms with van der Waals surface area (Å²) in [7, 11) is 0. The molecule has 2 saturated heterocycles. The molecule has 1 saturated carbocycles. The summed E-state index contributed by atoms with van der Waals surface area (Å²) in [6.45, 7) is 0. The first kappa shape index (κ1) is 12.9. The van der Waals surface area contributed by atoms with Crippen molar-refractivity contribution in [2.45, 2.75) is 76.0 Å². The fourth-order valence-corrected chi connectivity index (χ4v) is 4.26. The maximum Gasteiger partial charge on any atom is 0.243 e. The summed E-state index contributed by atoms with van der Waals surface area (Å²) in [6.07, 6.45) is 7.70. The molecule has 2 aliphatic heterocycles. The van der Waals surface area contributed by atoms with Crippen molar-refractivity contribution in [2.75, 3.05) is 0 Å². The number of carbonyl (C=O) groups is 1. The molecule has 3 fully saturated rings. The largest absolute Gasteiger partial charge is 0.393 e. The van der Waals surface area contributed by atoms with E-state index in [0.29, 0.717) is 12.8 Å². The predicted octanol–water partition coefficient (Wildman–Crippen LogP) is 1.97. The number of aliphatic hydroxyl groups is 1. The summed E-state index contributed by atoms with van der Waals surface area (Å²) in [5, 5.41) is 19.4. The average molecular weight is 262 g/mol. The smallest absolute Gasteiger partial charge is 0.243 e. The Kier molecular flexibility index (Phi) is 3.26. The Bertz CT molecular complexity index is 395. The fraction of sp³-hybridized carbons (Fsp3) is 0.867. The number of nitrogens with zero attached hydrogens (tertiary/aromatic N) is 2. The first-order valence-corrected chi connectivity index (χ1v) is 7.58. The van der Waals surface area contributed by atoms with Gasteiger partial charge < -0.3 is 10.0 Å². The first-order chi connectivity index (χ1) is 9.16. The van der Waals surface area contributed by atoms with Gasteiger partial charge >= 0.3 is 0 Å². The molecule has 2 atom stereocenters. The highest BCUT2D eigenvalue weighted by Crippen LogP contribution is 2.43. The monoisotopic (exact) mass is 262 g/mol. The number of aliphatic hydroxyl groups excluding tert-OH is 1. The van der Waals surface area contributed by atoms with Gasteiger partial charge in [-0.1, -0.05) is 19.3 Å². The molecular weight excluding hydrogens is 240 g/mol. The molecule has 4 nitrogen and oxygen atoms in total. The zero-order chi connectivity index (χ0) is 13.5. The highest BCUT2D eigenvalue weighted by atomic mass is 16.3. The van der Waals surface area contributed by atoms with Gasteiger partial charge in [-0.15, -0.1) is 0 Å². The minimum atomic E-state index is -0.763. The molecule has 4 heteroatoms. The van der Waals surface area contributed by atoms with E-state index in [-0.39, 0.29) is 24.1 Å². The summed E-state index contributed by atoms with van der Waals surface area (Å²) >= 11 is 0. The Hall–Kier alpha value is -1.08. The van der Waals surface area contributed by atoms with Crippen LogP contribution in [-0.2, 0) is 4.79 Å². The van der Waals surface area contributed by atoms with Crippen molar-refractivity contribution in [3.63, 3.8) is 0 Å². The van der Waals surface area contributed by atoms with Gasteiger partial charge in [-0.3, -0.25) is 4.79 Å². The van der Waals surface area contributed by atoms with Crippen molar-refractivity contribution in [3.05, 3.63) is 0 Å². The highest BCUT2D eigenvalue weighted by Gasteiger charge is 2.50. The van der Waals surface area contributed by atoms with E-state index >= 15 is 0 Å². The van der Waals surface area contributed by atoms with Gasteiger partial charge in [0.15, 0.2) is 0 Å². The second-order valence-corrected chi connectivity index (χ2v) is 6.48. The molecule has 2 unspecified atom stereocenters. The van der Waals surface area contributed by atoms with E-state index < -0.39 is 5.41 Å². The Balaban J connectivity index is 1.82. The van der Waals surface area contributed by atoms with Crippen LogP contribution in [0.2, 0.25) is 0 Å². The molecule has 0 aromatic heterocycles. The number of amides is 1. The van der Waals surface area contributed by atoms with E-state index in [4.69, 9.17) is 0 Å². The molecule has 0 radical (unpaired) electrons. The topological polar surface area (TPSA) is 64.3 Å². The van der Waals surface area contributed by atoms with Crippen LogP contribution in [0.5, 0.6) is 0 Å². The van der Waals surface area contributed by atoms with Crippen LogP contribution in [0.3, 0.4) is 0 Å². The third-order valence-corrected chi connectivity index (χ3v) is 5.27. The lowest BCUT2D eigenvalue weighted by Crippen LogP contribution is -2.53. The average Bonchev–Trinajstić information content (AvgIpc) is 2.70. The van der Waals surface area contributed by atoms with Crippen molar-refractivity contribution in [1.29, 1.82) is 5.26 Å². The van der Waals surface area contributed by atoms with Gasteiger partial charge in [0.2, 0.25) is 5.91 Å². The minimum absolute atomic E-state index is 0.0640. The zero-order valence-corrected chi connectivity index (χ0v) is 11.3. The lowest BCUT2D eigenvalue weighted by Gasteiger charge is -2.42. The molecule has 1 N–H and O–H groups in total. The standard InChI is InChI=1S/C15H22N2O2/c16-10-15(6-2-1-3-7-15)14(19)17-11-4-5-12(17)9-13(18)8-11/h11-13,18H,1-9H2. The van der Waals surface area contributed by atoms with Crippen LogP contribution in [0, 0.1) is 16.7 Å². The molecule has 0 aromatic rings. The Morgan fingerprint density at radius 1 is 1.16 bits per heavy atom. The van der Waals surface area contributed by atoms with Gasteiger partial charge in [0, 0.05) is 12.1 Å². The SMILES string of the molecule is N#CC1(C(=O)N2C3CCC2CC(O)C3)CCCCC1. The summed E-state index contributed by atoms with van der Waals surface area (Å²) < 4.78 is 0. The molecule has 0 aromatic carbocycles. The minimum Gasteiger partial charge on any atom is -0.393 e. The normalized spacial score (nSPS) is 36.8. The summed E-state index contributed by atoms with van der Waals surface area (Å²) in [5.74, 6) is 0.0640. The Morgan fingerprint density at radius 2 is 1.74 bits per heavy atom. The summed E-state index contributed by atoms with van der Waals surface area (Å²) in [6, 6.07) is 2.69. The van der Waals surface area contributed by atoms with Gasteiger partial charge in [0.05, 0.1) is 12.2 Å². The number of fused-ring (bicyclic) bond motifs is 2. The predicted molar refractivity (Wildman–Crippen MR) is 70.0 cm³/mol. The molecule has 19 heavy (non-hydrogen) atoms. The molecule has 104 valence electrons. The number of hydrogen-bond acceptors (Lipinski definition) is 3. The highest BCUT2D eigenvalue weighted by molar-refractivity contribution is 5.86. The number of nitriles is 1. The second-order valence-electron chi connectivity index (χ2n) is 6.48. The van der Waals surface area contributed by atoms with Crippen LogP contribution < -0.4 is 0 Å². The lowest BCUT2D eigenvalue weighted by atomic mass is 9.73. The fourth-order valence-electron chi connectivity index (χ4n) is 4.26. The summed E-state index contributed by atoms with van der Waals surface area (Å²) in [4.78, 5) is 14.9. The molecular formula is C15H22N2O2. The molecule has 3 rings (SSSR count). The molecule has 2 heterocycles.